The third-order valence-corrected chi connectivity index (χ3v) is 6.13. The molecule has 0 fully saturated rings. The minimum absolute atomic E-state index is 0.0857. The van der Waals surface area contributed by atoms with Crippen molar-refractivity contribution in [1.82, 2.24) is 20.5 Å². The number of carbonyl (C=O) groups excluding carboxylic acids is 1. The Morgan fingerprint density at radius 3 is 2.65 bits per heavy atom. The molecule has 0 saturated heterocycles. The van der Waals surface area contributed by atoms with Crippen LogP contribution in [0.3, 0.4) is 0 Å². The number of aryl methyl sites for hydroxylation is 1. The van der Waals surface area contributed by atoms with Gasteiger partial charge in [-0.2, -0.15) is 0 Å². The summed E-state index contributed by atoms with van der Waals surface area (Å²) in [5, 5.41) is 7.55. The number of hydrogen-bond acceptors (Lipinski definition) is 7. The predicted molar refractivity (Wildman–Crippen MR) is 125 cm³/mol. The number of guanidine groups is 1. The van der Waals surface area contributed by atoms with Crippen molar-refractivity contribution in [3.05, 3.63) is 45.4 Å². The van der Waals surface area contributed by atoms with Crippen LogP contribution in [0.4, 0.5) is 0 Å². The van der Waals surface area contributed by atoms with Crippen molar-refractivity contribution < 1.29 is 14.3 Å². The van der Waals surface area contributed by atoms with Gasteiger partial charge in [-0.05, 0) is 40.9 Å². The summed E-state index contributed by atoms with van der Waals surface area (Å²) in [6.45, 7) is 6.57. The highest BCUT2D eigenvalue weighted by molar-refractivity contribution is 7.13. The second kappa shape index (κ2) is 11.7. The Morgan fingerprint density at radius 2 is 2.03 bits per heavy atom. The van der Waals surface area contributed by atoms with Crippen molar-refractivity contribution in [3.8, 4) is 5.75 Å². The molecule has 9 heteroatoms. The Labute approximate surface area is 188 Å². The SMILES string of the molecule is CCOC(=O)c1sc(C(C)NC(=NC)NCC(c2ccccc2OC)N(C)C)nc1C. The Bertz CT molecular complexity index is 897. The van der Waals surface area contributed by atoms with Crippen LogP contribution in [0.5, 0.6) is 5.75 Å². The van der Waals surface area contributed by atoms with Gasteiger partial charge in [0.25, 0.3) is 0 Å². The summed E-state index contributed by atoms with van der Waals surface area (Å²) in [7, 11) is 7.48. The number of aliphatic imine (C=N–C) groups is 1. The first-order valence-electron chi connectivity index (χ1n) is 10.2. The van der Waals surface area contributed by atoms with E-state index in [4.69, 9.17) is 9.47 Å². The number of methoxy groups -OCH3 is 1. The number of carbonyl (C=O) groups is 1. The average molecular weight is 448 g/mol. The van der Waals surface area contributed by atoms with E-state index in [2.05, 4.69) is 31.6 Å². The maximum absolute atomic E-state index is 12.1. The quantitative estimate of drug-likeness (QED) is 0.347. The molecular weight excluding hydrogens is 414 g/mol. The molecule has 0 aliphatic rings. The number of benzene rings is 1. The lowest BCUT2D eigenvalue weighted by molar-refractivity contribution is 0.0531. The van der Waals surface area contributed by atoms with E-state index in [1.165, 1.54) is 11.3 Å². The fraction of sp³-hybridized carbons (Fsp3) is 0.500. The summed E-state index contributed by atoms with van der Waals surface area (Å²) in [5.41, 5.74) is 1.78. The van der Waals surface area contributed by atoms with Gasteiger partial charge in [0.2, 0.25) is 0 Å². The van der Waals surface area contributed by atoms with Gasteiger partial charge in [-0.3, -0.25) is 4.99 Å². The van der Waals surface area contributed by atoms with E-state index in [9.17, 15) is 4.79 Å². The van der Waals surface area contributed by atoms with Gasteiger partial charge in [-0.15, -0.1) is 11.3 Å². The molecule has 31 heavy (non-hydrogen) atoms. The van der Waals surface area contributed by atoms with E-state index in [1.807, 2.05) is 46.1 Å². The highest BCUT2D eigenvalue weighted by Gasteiger charge is 2.22. The van der Waals surface area contributed by atoms with Crippen LogP contribution in [0.1, 0.15) is 51.9 Å². The Balaban J connectivity index is 2.08. The molecule has 2 rings (SSSR count). The zero-order valence-corrected chi connectivity index (χ0v) is 20.2. The molecule has 0 spiro atoms. The van der Waals surface area contributed by atoms with Gasteiger partial charge in [0.15, 0.2) is 5.96 Å². The number of ether oxygens (including phenoxy) is 2. The van der Waals surface area contributed by atoms with Gasteiger partial charge in [0.1, 0.15) is 15.6 Å². The second-order valence-electron chi connectivity index (χ2n) is 7.23. The molecule has 2 N–H and O–H groups in total. The molecule has 0 radical (unpaired) electrons. The molecule has 2 atom stereocenters. The van der Waals surface area contributed by atoms with Gasteiger partial charge in [-0.25, -0.2) is 9.78 Å². The molecule has 2 unspecified atom stereocenters. The van der Waals surface area contributed by atoms with E-state index < -0.39 is 0 Å². The van der Waals surface area contributed by atoms with Crippen LogP contribution in [0.15, 0.2) is 29.3 Å². The van der Waals surface area contributed by atoms with Crippen molar-refractivity contribution in [2.75, 3.05) is 41.4 Å². The summed E-state index contributed by atoms with van der Waals surface area (Å²) in [4.78, 5) is 23.6. The molecule has 2 aromatic rings. The number of rotatable bonds is 9. The fourth-order valence-electron chi connectivity index (χ4n) is 3.16. The van der Waals surface area contributed by atoms with Crippen LogP contribution in [-0.4, -0.2) is 63.2 Å². The lowest BCUT2D eigenvalue weighted by atomic mass is 10.0. The number of nitrogens with one attached hydrogen (secondary N) is 2. The number of esters is 1. The number of hydrogen-bond donors (Lipinski definition) is 2. The van der Waals surface area contributed by atoms with Crippen molar-refractivity contribution in [2.45, 2.75) is 32.9 Å². The third kappa shape index (κ3) is 6.41. The molecule has 170 valence electrons. The molecule has 0 amide bonds. The number of thiazole rings is 1. The maximum atomic E-state index is 12.1. The van der Waals surface area contributed by atoms with Crippen LogP contribution in [-0.2, 0) is 4.74 Å². The van der Waals surface area contributed by atoms with Gasteiger partial charge in [0, 0.05) is 19.2 Å². The lowest BCUT2D eigenvalue weighted by Gasteiger charge is -2.27. The van der Waals surface area contributed by atoms with Crippen LogP contribution in [0.25, 0.3) is 0 Å². The standard InChI is InChI=1S/C22H33N5O3S/c1-8-30-21(28)19-14(2)25-20(31-19)15(3)26-22(23-4)24-13-17(27(5)6)16-11-9-10-12-18(16)29-7/h9-12,15,17H,8,13H2,1-7H3,(H2,23,24,26). The summed E-state index contributed by atoms with van der Waals surface area (Å²) < 4.78 is 10.6. The Kier molecular flexibility index (Phi) is 9.26. The van der Waals surface area contributed by atoms with Crippen LogP contribution in [0.2, 0.25) is 0 Å². The largest absolute Gasteiger partial charge is 0.496 e. The predicted octanol–water partition coefficient (Wildman–Crippen LogP) is 3.17. The first-order chi connectivity index (χ1) is 14.8. The van der Waals surface area contributed by atoms with E-state index in [0.717, 1.165) is 16.3 Å². The van der Waals surface area contributed by atoms with E-state index >= 15 is 0 Å². The van der Waals surface area contributed by atoms with Gasteiger partial charge in [0.05, 0.1) is 31.5 Å². The summed E-state index contributed by atoms with van der Waals surface area (Å²) >= 11 is 1.34. The number of nitrogens with zero attached hydrogens (tertiary/aromatic N) is 3. The van der Waals surface area contributed by atoms with Crippen LogP contribution >= 0.6 is 11.3 Å². The molecule has 0 bridgehead atoms. The van der Waals surface area contributed by atoms with Crippen molar-refractivity contribution in [1.29, 1.82) is 0 Å². The lowest BCUT2D eigenvalue weighted by Crippen LogP contribution is -2.42. The maximum Gasteiger partial charge on any atom is 0.350 e. The van der Waals surface area contributed by atoms with Gasteiger partial charge in [-0.1, -0.05) is 18.2 Å². The number of aromatic nitrogens is 1. The molecule has 1 aromatic heterocycles. The minimum Gasteiger partial charge on any atom is -0.496 e. The van der Waals surface area contributed by atoms with E-state index in [-0.39, 0.29) is 18.1 Å². The van der Waals surface area contributed by atoms with Gasteiger partial charge >= 0.3 is 5.97 Å². The normalized spacial score (nSPS) is 13.6. The summed E-state index contributed by atoms with van der Waals surface area (Å²) in [6.07, 6.45) is 0. The van der Waals surface area contributed by atoms with Gasteiger partial charge < -0.3 is 25.0 Å². The van der Waals surface area contributed by atoms with Crippen molar-refractivity contribution in [3.63, 3.8) is 0 Å². The van der Waals surface area contributed by atoms with Crippen LogP contribution in [0, 0.1) is 6.92 Å². The summed E-state index contributed by atoms with van der Waals surface area (Å²) in [5.74, 6) is 1.17. The van der Waals surface area contributed by atoms with Crippen molar-refractivity contribution >= 4 is 23.3 Å². The molecular formula is C22H33N5O3S. The number of likely N-dealkylation sites (N-methyl/N-ethyl adjacent to an activating group) is 1. The molecule has 0 aliphatic heterocycles. The summed E-state index contributed by atoms with van der Waals surface area (Å²) in [6, 6.07) is 7.97. The smallest absolute Gasteiger partial charge is 0.350 e. The minimum atomic E-state index is -0.330. The highest BCUT2D eigenvalue weighted by Crippen LogP contribution is 2.27. The third-order valence-electron chi connectivity index (χ3n) is 4.81. The topological polar surface area (TPSA) is 88.1 Å². The van der Waals surface area contributed by atoms with E-state index in [1.54, 1.807) is 21.1 Å². The highest BCUT2D eigenvalue weighted by atomic mass is 32.1. The molecule has 8 nitrogen and oxygen atoms in total. The zero-order valence-electron chi connectivity index (χ0n) is 19.4. The fourth-order valence-corrected chi connectivity index (χ4v) is 4.12. The van der Waals surface area contributed by atoms with Crippen molar-refractivity contribution in [2.24, 2.45) is 4.99 Å². The Morgan fingerprint density at radius 1 is 1.32 bits per heavy atom. The second-order valence-corrected chi connectivity index (χ2v) is 8.26. The first-order valence-corrected chi connectivity index (χ1v) is 11.0. The first kappa shape index (κ1) is 24.6. The molecule has 1 heterocycles. The molecule has 0 saturated carbocycles. The molecule has 0 aliphatic carbocycles. The monoisotopic (exact) mass is 447 g/mol. The zero-order chi connectivity index (χ0) is 23.0. The van der Waals surface area contributed by atoms with E-state index in [0.29, 0.717) is 29.7 Å². The average Bonchev–Trinajstić information content (AvgIpc) is 3.15. The number of para-hydroxylation sites is 1. The molecule has 1 aromatic carbocycles. The van der Waals surface area contributed by atoms with Crippen LogP contribution < -0.4 is 15.4 Å². The Hall–Kier alpha value is -2.65.